The minimum absolute atomic E-state index is 0.235. The van der Waals surface area contributed by atoms with E-state index >= 15 is 0 Å². The Morgan fingerprint density at radius 1 is 1.08 bits per heavy atom. The Bertz CT molecular complexity index is 574. The van der Waals surface area contributed by atoms with Gasteiger partial charge in [0.2, 0.25) is 0 Å². The molecule has 1 aromatic carbocycles. The Labute approximate surface area is 158 Å². The molecule has 3 rings (SSSR count). The van der Waals surface area contributed by atoms with Gasteiger partial charge in [0.25, 0.3) is 0 Å². The van der Waals surface area contributed by atoms with Crippen LogP contribution in [0.3, 0.4) is 0 Å². The quantitative estimate of drug-likeness (QED) is 0.607. The summed E-state index contributed by atoms with van der Waals surface area (Å²) >= 11 is 0. The second kappa shape index (κ2) is 9.81. The molecule has 2 fully saturated rings. The number of anilines is 1. The molecule has 144 valence electrons. The summed E-state index contributed by atoms with van der Waals surface area (Å²) in [5, 5.41) is 7.01. The van der Waals surface area contributed by atoms with Gasteiger partial charge in [-0.05, 0) is 63.4 Å². The van der Waals surface area contributed by atoms with E-state index in [-0.39, 0.29) is 6.04 Å². The lowest BCUT2D eigenvalue weighted by atomic mass is 10.1. The van der Waals surface area contributed by atoms with Gasteiger partial charge in [-0.15, -0.1) is 0 Å². The van der Waals surface area contributed by atoms with Crippen LogP contribution < -0.4 is 15.5 Å². The number of aliphatic imine (C=N–C) groups is 1. The summed E-state index contributed by atoms with van der Waals surface area (Å²) in [6.45, 7) is 9.11. The van der Waals surface area contributed by atoms with E-state index in [1.165, 1.54) is 69.5 Å². The first-order chi connectivity index (χ1) is 12.8. The van der Waals surface area contributed by atoms with Crippen molar-refractivity contribution >= 4 is 11.6 Å². The van der Waals surface area contributed by atoms with Gasteiger partial charge >= 0.3 is 0 Å². The maximum atomic E-state index is 4.40. The van der Waals surface area contributed by atoms with Crippen LogP contribution in [0.4, 0.5) is 5.69 Å². The SMILES string of the molecule is CN=C(NCCN1CCCCC1)NC(C)c1cccc(N2CCCC2)c1. The minimum atomic E-state index is 0.235. The number of nitrogens with zero attached hydrogens (tertiary/aromatic N) is 3. The normalized spacial score (nSPS) is 20.2. The van der Waals surface area contributed by atoms with E-state index in [9.17, 15) is 0 Å². The third-order valence-corrected chi connectivity index (χ3v) is 5.59. The maximum absolute atomic E-state index is 4.40. The van der Waals surface area contributed by atoms with E-state index in [0.29, 0.717) is 0 Å². The molecule has 1 unspecified atom stereocenters. The van der Waals surface area contributed by atoms with Crippen LogP contribution >= 0.6 is 0 Å². The number of rotatable bonds is 6. The number of piperidine rings is 1. The van der Waals surface area contributed by atoms with Crippen LogP contribution in [-0.2, 0) is 0 Å². The Kier molecular flexibility index (Phi) is 7.18. The number of hydrogen-bond donors (Lipinski definition) is 2. The molecule has 5 nitrogen and oxygen atoms in total. The van der Waals surface area contributed by atoms with Gasteiger partial charge in [-0.1, -0.05) is 18.6 Å². The highest BCUT2D eigenvalue weighted by Crippen LogP contribution is 2.23. The Balaban J connectivity index is 1.48. The third-order valence-electron chi connectivity index (χ3n) is 5.59. The number of nitrogens with one attached hydrogen (secondary N) is 2. The lowest BCUT2D eigenvalue weighted by Crippen LogP contribution is -2.43. The van der Waals surface area contributed by atoms with Crippen LogP contribution in [0, 0.1) is 0 Å². The minimum Gasteiger partial charge on any atom is -0.372 e. The van der Waals surface area contributed by atoms with E-state index in [0.717, 1.165) is 19.0 Å². The molecule has 0 bridgehead atoms. The average molecular weight is 358 g/mol. The molecule has 0 spiro atoms. The molecular formula is C21H35N5. The van der Waals surface area contributed by atoms with Gasteiger partial charge in [0.05, 0.1) is 6.04 Å². The molecule has 0 saturated carbocycles. The summed E-state index contributed by atoms with van der Waals surface area (Å²) in [6, 6.07) is 9.17. The standard InChI is InChI=1S/C21H35N5/c1-18(19-9-8-10-20(17-19)26-14-6-7-15-26)24-21(22-2)23-11-16-25-12-4-3-5-13-25/h8-10,17-18H,3-7,11-16H2,1-2H3,(H2,22,23,24). The van der Waals surface area contributed by atoms with Crippen molar-refractivity contribution in [3.05, 3.63) is 29.8 Å². The van der Waals surface area contributed by atoms with E-state index in [1.54, 1.807) is 0 Å². The fourth-order valence-electron chi connectivity index (χ4n) is 3.96. The van der Waals surface area contributed by atoms with Crippen molar-refractivity contribution < 1.29 is 0 Å². The van der Waals surface area contributed by atoms with Crippen molar-refractivity contribution in [2.75, 3.05) is 51.2 Å². The van der Waals surface area contributed by atoms with Gasteiger partial charge in [0.15, 0.2) is 5.96 Å². The molecule has 26 heavy (non-hydrogen) atoms. The summed E-state index contributed by atoms with van der Waals surface area (Å²) in [7, 11) is 1.85. The zero-order chi connectivity index (χ0) is 18.2. The van der Waals surface area contributed by atoms with Crippen LogP contribution in [-0.4, -0.2) is 57.2 Å². The van der Waals surface area contributed by atoms with E-state index < -0.39 is 0 Å². The molecule has 2 N–H and O–H groups in total. The second-order valence-electron chi connectivity index (χ2n) is 7.56. The molecule has 1 atom stereocenters. The van der Waals surface area contributed by atoms with Crippen LogP contribution in [0.15, 0.2) is 29.3 Å². The molecule has 1 aromatic rings. The molecule has 2 saturated heterocycles. The molecule has 0 aliphatic carbocycles. The highest BCUT2D eigenvalue weighted by Gasteiger charge is 2.15. The van der Waals surface area contributed by atoms with Crippen molar-refractivity contribution in [2.24, 2.45) is 4.99 Å². The smallest absolute Gasteiger partial charge is 0.191 e. The third kappa shape index (κ3) is 5.37. The second-order valence-corrected chi connectivity index (χ2v) is 7.56. The van der Waals surface area contributed by atoms with Gasteiger partial charge in [-0.3, -0.25) is 4.99 Å². The van der Waals surface area contributed by atoms with E-state index in [2.05, 4.69) is 56.6 Å². The van der Waals surface area contributed by atoms with Crippen molar-refractivity contribution in [3.8, 4) is 0 Å². The number of benzene rings is 1. The highest BCUT2D eigenvalue weighted by molar-refractivity contribution is 5.80. The molecule has 5 heteroatoms. The molecule has 0 aromatic heterocycles. The number of likely N-dealkylation sites (tertiary alicyclic amines) is 1. The van der Waals surface area contributed by atoms with Gasteiger partial charge in [0, 0.05) is 38.9 Å². The zero-order valence-corrected chi connectivity index (χ0v) is 16.5. The van der Waals surface area contributed by atoms with Crippen LogP contribution in [0.1, 0.15) is 50.6 Å². The largest absolute Gasteiger partial charge is 0.372 e. The summed E-state index contributed by atoms with van der Waals surface area (Å²) in [4.78, 5) is 9.44. The fraction of sp³-hybridized carbons (Fsp3) is 0.667. The Morgan fingerprint density at radius 3 is 2.54 bits per heavy atom. The van der Waals surface area contributed by atoms with Gasteiger partial charge < -0.3 is 20.4 Å². The van der Waals surface area contributed by atoms with Crippen molar-refractivity contribution in [3.63, 3.8) is 0 Å². The van der Waals surface area contributed by atoms with Crippen LogP contribution in [0.5, 0.6) is 0 Å². The molecule has 2 aliphatic heterocycles. The van der Waals surface area contributed by atoms with Crippen molar-refractivity contribution in [2.45, 2.75) is 45.1 Å². The fourth-order valence-corrected chi connectivity index (χ4v) is 3.96. The summed E-state index contributed by atoms with van der Waals surface area (Å²) in [5.41, 5.74) is 2.66. The first-order valence-electron chi connectivity index (χ1n) is 10.3. The van der Waals surface area contributed by atoms with Gasteiger partial charge in [0.1, 0.15) is 0 Å². The van der Waals surface area contributed by atoms with Gasteiger partial charge in [-0.2, -0.15) is 0 Å². The summed E-state index contributed by atoms with van der Waals surface area (Å²) in [5.74, 6) is 0.890. The number of guanidine groups is 1. The Morgan fingerprint density at radius 2 is 1.81 bits per heavy atom. The van der Waals surface area contributed by atoms with Gasteiger partial charge in [-0.25, -0.2) is 0 Å². The topological polar surface area (TPSA) is 42.9 Å². The average Bonchev–Trinajstić information content (AvgIpc) is 3.23. The first-order valence-corrected chi connectivity index (χ1v) is 10.3. The van der Waals surface area contributed by atoms with E-state index in [4.69, 9.17) is 0 Å². The molecule has 0 amide bonds. The summed E-state index contributed by atoms with van der Waals surface area (Å²) < 4.78 is 0. The van der Waals surface area contributed by atoms with Crippen LogP contribution in [0.25, 0.3) is 0 Å². The molecular weight excluding hydrogens is 322 g/mol. The Hall–Kier alpha value is -1.75. The van der Waals surface area contributed by atoms with Crippen LogP contribution in [0.2, 0.25) is 0 Å². The lowest BCUT2D eigenvalue weighted by molar-refractivity contribution is 0.232. The molecule has 0 radical (unpaired) electrons. The van der Waals surface area contributed by atoms with Crippen molar-refractivity contribution in [1.82, 2.24) is 15.5 Å². The van der Waals surface area contributed by atoms with E-state index in [1.807, 2.05) is 7.05 Å². The molecule has 2 heterocycles. The zero-order valence-electron chi connectivity index (χ0n) is 16.5. The predicted molar refractivity (Wildman–Crippen MR) is 111 cm³/mol. The maximum Gasteiger partial charge on any atom is 0.191 e. The summed E-state index contributed by atoms with van der Waals surface area (Å²) in [6.07, 6.45) is 6.70. The monoisotopic (exact) mass is 357 g/mol. The number of hydrogen-bond acceptors (Lipinski definition) is 3. The predicted octanol–water partition coefficient (Wildman–Crippen LogP) is 3.00. The highest BCUT2D eigenvalue weighted by atomic mass is 15.2. The molecule has 2 aliphatic rings. The lowest BCUT2D eigenvalue weighted by Gasteiger charge is -2.27. The first kappa shape index (κ1) is 19.0. The van der Waals surface area contributed by atoms with Crippen molar-refractivity contribution in [1.29, 1.82) is 0 Å².